The van der Waals surface area contributed by atoms with Crippen LogP contribution in [0.5, 0.6) is 11.5 Å². The van der Waals surface area contributed by atoms with Crippen molar-refractivity contribution in [1.29, 1.82) is 0 Å². The molecule has 2 aromatic carbocycles. The molecule has 0 aliphatic carbocycles. The highest BCUT2D eigenvalue weighted by atomic mass is 32.2. The molecule has 0 aliphatic rings. The van der Waals surface area contributed by atoms with Crippen molar-refractivity contribution in [1.82, 2.24) is 0 Å². The number of thioether (sulfide) groups is 1. The lowest BCUT2D eigenvalue weighted by molar-refractivity contribution is 0.317. The van der Waals surface area contributed by atoms with Crippen molar-refractivity contribution in [2.45, 2.75) is 32.6 Å². The van der Waals surface area contributed by atoms with Gasteiger partial charge in [-0.2, -0.15) is 11.8 Å². The van der Waals surface area contributed by atoms with Gasteiger partial charge in [-0.15, -0.1) is 0 Å². The standard InChI is InChI=1S/C21H28O2S/c1-5-14-22-19-10-6-17(7-11-19)21(2,3)18-8-12-20(13-9-18)23-15-16-24-4/h6-13H,5,14-16H2,1-4H3. The molecule has 0 bridgehead atoms. The van der Waals surface area contributed by atoms with Crippen LogP contribution in [-0.2, 0) is 5.41 Å². The highest BCUT2D eigenvalue weighted by Gasteiger charge is 2.23. The van der Waals surface area contributed by atoms with Gasteiger partial charge in [0.2, 0.25) is 0 Å². The molecule has 0 saturated heterocycles. The quantitative estimate of drug-likeness (QED) is 0.556. The Kier molecular flexibility index (Phi) is 7.04. The molecule has 2 nitrogen and oxygen atoms in total. The van der Waals surface area contributed by atoms with Crippen molar-refractivity contribution in [3.05, 3.63) is 59.7 Å². The SMILES string of the molecule is CCCOc1ccc(C(C)(C)c2ccc(OCCSC)cc2)cc1. The smallest absolute Gasteiger partial charge is 0.119 e. The van der Waals surface area contributed by atoms with Crippen LogP contribution in [0.25, 0.3) is 0 Å². The van der Waals surface area contributed by atoms with Gasteiger partial charge in [0, 0.05) is 11.2 Å². The molecule has 0 spiro atoms. The van der Waals surface area contributed by atoms with E-state index in [0.717, 1.165) is 36.9 Å². The third kappa shape index (κ3) is 4.94. The molecule has 0 unspecified atom stereocenters. The monoisotopic (exact) mass is 344 g/mol. The number of hydrogen-bond donors (Lipinski definition) is 0. The number of ether oxygens (including phenoxy) is 2. The highest BCUT2D eigenvalue weighted by Crippen LogP contribution is 2.33. The Hall–Kier alpha value is -1.61. The van der Waals surface area contributed by atoms with E-state index in [1.54, 1.807) is 11.8 Å². The van der Waals surface area contributed by atoms with E-state index in [0.29, 0.717) is 0 Å². The van der Waals surface area contributed by atoms with E-state index in [4.69, 9.17) is 9.47 Å². The zero-order chi connectivity index (χ0) is 17.4. The molecule has 0 N–H and O–H groups in total. The van der Waals surface area contributed by atoms with Crippen LogP contribution in [0.1, 0.15) is 38.3 Å². The van der Waals surface area contributed by atoms with Crippen LogP contribution in [0, 0.1) is 0 Å². The van der Waals surface area contributed by atoms with E-state index in [9.17, 15) is 0 Å². The minimum atomic E-state index is -0.0545. The molecule has 0 fully saturated rings. The van der Waals surface area contributed by atoms with E-state index in [2.05, 4.69) is 75.6 Å². The topological polar surface area (TPSA) is 18.5 Å². The summed E-state index contributed by atoms with van der Waals surface area (Å²) in [6, 6.07) is 16.9. The van der Waals surface area contributed by atoms with Gasteiger partial charge >= 0.3 is 0 Å². The predicted octanol–water partition coefficient (Wildman–Crippen LogP) is 5.54. The van der Waals surface area contributed by atoms with Crippen molar-refractivity contribution in [3.63, 3.8) is 0 Å². The second-order valence-electron chi connectivity index (χ2n) is 6.36. The van der Waals surface area contributed by atoms with Gasteiger partial charge in [0.05, 0.1) is 13.2 Å². The maximum absolute atomic E-state index is 5.74. The lowest BCUT2D eigenvalue weighted by Gasteiger charge is -2.26. The lowest BCUT2D eigenvalue weighted by atomic mass is 9.78. The minimum Gasteiger partial charge on any atom is -0.494 e. The molecule has 0 radical (unpaired) electrons. The molecular weight excluding hydrogens is 316 g/mol. The summed E-state index contributed by atoms with van der Waals surface area (Å²) in [6.45, 7) is 8.13. The third-order valence-corrected chi connectivity index (χ3v) is 4.76. The van der Waals surface area contributed by atoms with Crippen LogP contribution >= 0.6 is 11.8 Å². The molecule has 2 rings (SSSR count). The molecule has 0 saturated carbocycles. The molecule has 0 amide bonds. The van der Waals surface area contributed by atoms with Crippen molar-refractivity contribution in [2.24, 2.45) is 0 Å². The Morgan fingerprint density at radius 2 is 1.25 bits per heavy atom. The van der Waals surface area contributed by atoms with Crippen LogP contribution in [0.2, 0.25) is 0 Å². The summed E-state index contributed by atoms with van der Waals surface area (Å²) in [5.41, 5.74) is 2.51. The van der Waals surface area contributed by atoms with E-state index in [-0.39, 0.29) is 5.41 Å². The molecule has 24 heavy (non-hydrogen) atoms. The van der Waals surface area contributed by atoms with Gasteiger partial charge in [0.25, 0.3) is 0 Å². The van der Waals surface area contributed by atoms with Gasteiger partial charge in [0.1, 0.15) is 11.5 Å². The first-order valence-corrected chi connectivity index (χ1v) is 9.93. The zero-order valence-electron chi connectivity index (χ0n) is 15.2. The summed E-state index contributed by atoms with van der Waals surface area (Å²) in [5.74, 6) is 2.89. The summed E-state index contributed by atoms with van der Waals surface area (Å²) >= 11 is 1.80. The Labute approximate surface area is 150 Å². The first kappa shape index (κ1) is 18.7. The average Bonchev–Trinajstić information content (AvgIpc) is 2.61. The summed E-state index contributed by atoms with van der Waals surface area (Å²) in [5, 5.41) is 0. The number of hydrogen-bond acceptors (Lipinski definition) is 3. The third-order valence-electron chi connectivity index (χ3n) is 4.18. The molecule has 0 atom stereocenters. The number of rotatable bonds is 9. The molecule has 0 aromatic heterocycles. The van der Waals surface area contributed by atoms with Crippen molar-refractivity contribution < 1.29 is 9.47 Å². The molecule has 3 heteroatoms. The molecule has 0 aliphatic heterocycles. The summed E-state index contributed by atoms with van der Waals surface area (Å²) in [4.78, 5) is 0. The summed E-state index contributed by atoms with van der Waals surface area (Å²) in [7, 11) is 0. The van der Waals surface area contributed by atoms with E-state index < -0.39 is 0 Å². The average molecular weight is 345 g/mol. The van der Waals surface area contributed by atoms with Crippen molar-refractivity contribution in [2.75, 3.05) is 25.2 Å². The van der Waals surface area contributed by atoms with E-state index >= 15 is 0 Å². The molecule has 130 valence electrons. The van der Waals surface area contributed by atoms with Crippen LogP contribution in [-0.4, -0.2) is 25.2 Å². The second-order valence-corrected chi connectivity index (χ2v) is 7.35. The lowest BCUT2D eigenvalue weighted by Crippen LogP contribution is -2.18. The van der Waals surface area contributed by atoms with Crippen molar-refractivity contribution in [3.8, 4) is 11.5 Å². The van der Waals surface area contributed by atoms with Gasteiger partial charge in [-0.05, 0) is 48.1 Å². The first-order valence-electron chi connectivity index (χ1n) is 8.53. The Balaban J connectivity index is 2.08. The van der Waals surface area contributed by atoms with Crippen LogP contribution < -0.4 is 9.47 Å². The van der Waals surface area contributed by atoms with Gasteiger partial charge in [-0.25, -0.2) is 0 Å². The van der Waals surface area contributed by atoms with Crippen molar-refractivity contribution >= 4 is 11.8 Å². The highest BCUT2D eigenvalue weighted by molar-refractivity contribution is 7.98. The summed E-state index contributed by atoms with van der Waals surface area (Å²) < 4.78 is 11.4. The Bertz CT molecular complexity index is 603. The molecular formula is C21H28O2S. The van der Waals surface area contributed by atoms with Gasteiger partial charge < -0.3 is 9.47 Å². The first-order chi connectivity index (χ1) is 11.6. The Morgan fingerprint density at radius 1 is 0.792 bits per heavy atom. The van der Waals surface area contributed by atoms with Crippen LogP contribution in [0.3, 0.4) is 0 Å². The fourth-order valence-corrected chi connectivity index (χ4v) is 2.82. The molecule has 2 aromatic rings. The van der Waals surface area contributed by atoms with E-state index in [1.165, 1.54) is 11.1 Å². The number of benzene rings is 2. The minimum absolute atomic E-state index is 0.0545. The molecule has 0 heterocycles. The van der Waals surface area contributed by atoms with Crippen LogP contribution in [0.4, 0.5) is 0 Å². The second kappa shape index (κ2) is 9.03. The van der Waals surface area contributed by atoms with Gasteiger partial charge in [-0.1, -0.05) is 45.0 Å². The fraction of sp³-hybridized carbons (Fsp3) is 0.429. The van der Waals surface area contributed by atoms with Gasteiger partial charge in [-0.3, -0.25) is 0 Å². The maximum atomic E-state index is 5.74. The van der Waals surface area contributed by atoms with Crippen LogP contribution in [0.15, 0.2) is 48.5 Å². The zero-order valence-corrected chi connectivity index (χ0v) is 16.0. The Morgan fingerprint density at radius 3 is 1.67 bits per heavy atom. The normalized spacial score (nSPS) is 11.3. The largest absolute Gasteiger partial charge is 0.494 e. The summed E-state index contributed by atoms with van der Waals surface area (Å²) in [6.07, 6.45) is 3.12. The predicted molar refractivity (Wildman–Crippen MR) is 105 cm³/mol. The van der Waals surface area contributed by atoms with Gasteiger partial charge in [0.15, 0.2) is 0 Å². The fourth-order valence-electron chi connectivity index (χ4n) is 2.57. The maximum Gasteiger partial charge on any atom is 0.119 e. The van der Waals surface area contributed by atoms with E-state index in [1.807, 2.05) is 0 Å².